The summed E-state index contributed by atoms with van der Waals surface area (Å²) < 4.78 is 0. The molecule has 1 heteroatoms. The molecule has 0 atom stereocenters. The highest BCUT2D eigenvalue weighted by molar-refractivity contribution is 5.24. The topological polar surface area (TPSA) is 12.0 Å². The van der Waals surface area contributed by atoms with Crippen LogP contribution in [0.25, 0.3) is 0 Å². The van der Waals surface area contributed by atoms with Crippen molar-refractivity contribution in [2.24, 2.45) is 0 Å². The SMILES string of the molecule is C=CC#C/C=C(\C)NC(C)C. The Morgan fingerprint density at radius 2 is 2.09 bits per heavy atom. The van der Waals surface area contributed by atoms with Crippen LogP contribution in [0.2, 0.25) is 0 Å². The zero-order valence-corrected chi connectivity index (χ0v) is 7.44. The molecule has 0 aliphatic heterocycles. The van der Waals surface area contributed by atoms with E-state index in [-0.39, 0.29) is 0 Å². The third-order valence-corrected chi connectivity index (χ3v) is 0.990. The van der Waals surface area contributed by atoms with E-state index in [0.29, 0.717) is 6.04 Å². The minimum absolute atomic E-state index is 0.469. The number of allylic oxidation sites excluding steroid dienone is 3. The average Bonchev–Trinajstić information content (AvgIpc) is 1.86. The van der Waals surface area contributed by atoms with E-state index in [0.717, 1.165) is 5.70 Å². The van der Waals surface area contributed by atoms with Crippen LogP contribution in [-0.2, 0) is 0 Å². The summed E-state index contributed by atoms with van der Waals surface area (Å²) in [6.07, 6.45) is 3.43. The van der Waals surface area contributed by atoms with Crippen LogP contribution in [-0.4, -0.2) is 6.04 Å². The van der Waals surface area contributed by atoms with Gasteiger partial charge in [-0.2, -0.15) is 0 Å². The maximum absolute atomic E-state index is 3.50. The second-order valence-corrected chi connectivity index (χ2v) is 2.62. The van der Waals surface area contributed by atoms with Gasteiger partial charge in [0.05, 0.1) is 0 Å². The Bertz CT molecular complexity index is 201. The van der Waals surface area contributed by atoms with Gasteiger partial charge in [-0.15, -0.1) is 0 Å². The van der Waals surface area contributed by atoms with E-state index in [4.69, 9.17) is 0 Å². The van der Waals surface area contributed by atoms with Crippen LogP contribution >= 0.6 is 0 Å². The van der Waals surface area contributed by atoms with E-state index >= 15 is 0 Å². The van der Waals surface area contributed by atoms with Gasteiger partial charge in [-0.1, -0.05) is 18.4 Å². The first-order valence-corrected chi connectivity index (χ1v) is 3.72. The summed E-state index contributed by atoms with van der Waals surface area (Å²) >= 11 is 0. The highest BCUT2D eigenvalue weighted by Gasteiger charge is 1.89. The van der Waals surface area contributed by atoms with Gasteiger partial charge in [0.2, 0.25) is 0 Å². The summed E-state index contributed by atoms with van der Waals surface area (Å²) in [5, 5.41) is 3.23. The van der Waals surface area contributed by atoms with Crippen molar-refractivity contribution in [1.82, 2.24) is 5.32 Å². The molecule has 0 heterocycles. The number of hydrogen-bond acceptors (Lipinski definition) is 1. The van der Waals surface area contributed by atoms with Crippen LogP contribution in [0.15, 0.2) is 24.4 Å². The Kier molecular flexibility index (Phi) is 5.02. The zero-order valence-electron chi connectivity index (χ0n) is 7.44. The van der Waals surface area contributed by atoms with Crippen molar-refractivity contribution >= 4 is 0 Å². The lowest BCUT2D eigenvalue weighted by molar-refractivity contribution is 0.670. The first kappa shape index (κ1) is 9.84. The van der Waals surface area contributed by atoms with E-state index in [9.17, 15) is 0 Å². The van der Waals surface area contributed by atoms with Crippen molar-refractivity contribution < 1.29 is 0 Å². The molecule has 0 aromatic carbocycles. The molecule has 0 aliphatic rings. The molecule has 11 heavy (non-hydrogen) atoms. The van der Waals surface area contributed by atoms with Gasteiger partial charge in [0.1, 0.15) is 0 Å². The third kappa shape index (κ3) is 6.73. The molecular weight excluding hydrogens is 134 g/mol. The summed E-state index contributed by atoms with van der Waals surface area (Å²) in [5.74, 6) is 5.60. The van der Waals surface area contributed by atoms with Gasteiger partial charge >= 0.3 is 0 Å². The molecule has 0 rings (SSSR count). The molecule has 1 N–H and O–H groups in total. The monoisotopic (exact) mass is 149 g/mol. The van der Waals surface area contributed by atoms with Gasteiger partial charge in [0, 0.05) is 17.8 Å². The first-order chi connectivity index (χ1) is 5.16. The molecule has 0 aromatic heterocycles. The van der Waals surface area contributed by atoms with Gasteiger partial charge in [0.25, 0.3) is 0 Å². The van der Waals surface area contributed by atoms with Crippen molar-refractivity contribution in [3.63, 3.8) is 0 Å². The second kappa shape index (κ2) is 5.61. The molecule has 0 amide bonds. The molecule has 0 unspecified atom stereocenters. The van der Waals surface area contributed by atoms with Gasteiger partial charge in [-0.25, -0.2) is 0 Å². The summed E-state index contributed by atoms with van der Waals surface area (Å²) in [7, 11) is 0. The summed E-state index contributed by atoms with van der Waals surface area (Å²) in [5.41, 5.74) is 1.09. The van der Waals surface area contributed by atoms with Gasteiger partial charge in [0.15, 0.2) is 0 Å². The fourth-order valence-electron chi connectivity index (χ4n) is 0.706. The Labute approximate surface area is 69.2 Å². The molecule has 0 aliphatic carbocycles. The van der Waals surface area contributed by atoms with E-state index in [1.54, 1.807) is 6.08 Å². The summed E-state index contributed by atoms with van der Waals surface area (Å²) in [6, 6.07) is 0.469. The van der Waals surface area contributed by atoms with Crippen LogP contribution in [0.1, 0.15) is 20.8 Å². The van der Waals surface area contributed by atoms with E-state index in [1.807, 2.05) is 13.0 Å². The predicted octanol–water partition coefficient (Wildman–Crippen LogP) is 2.08. The minimum atomic E-state index is 0.469. The molecule has 0 fully saturated rings. The molecule has 1 nitrogen and oxygen atoms in total. The fourth-order valence-corrected chi connectivity index (χ4v) is 0.706. The van der Waals surface area contributed by atoms with Gasteiger partial charge in [-0.3, -0.25) is 0 Å². The van der Waals surface area contributed by atoms with Crippen molar-refractivity contribution in [1.29, 1.82) is 0 Å². The van der Waals surface area contributed by atoms with Crippen molar-refractivity contribution in [3.05, 3.63) is 24.4 Å². The number of nitrogens with one attached hydrogen (secondary N) is 1. The quantitative estimate of drug-likeness (QED) is 0.593. The Hall–Kier alpha value is -1.16. The van der Waals surface area contributed by atoms with Crippen molar-refractivity contribution in [2.45, 2.75) is 26.8 Å². The first-order valence-electron chi connectivity index (χ1n) is 3.72. The van der Waals surface area contributed by atoms with Gasteiger partial charge < -0.3 is 5.32 Å². The lowest BCUT2D eigenvalue weighted by Crippen LogP contribution is -2.19. The fraction of sp³-hybridized carbons (Fsp3) is 0.400. The average molecular weight is 149 g/mol. The van der Waals surface area contributed by atoms with Crippen molar-refractivity contribution in [2.75, 3.05) is 0 Å². The molecule has 0 aromatic rings. The van der Waals surface area contributed by atoms with Crippen LogP contribution in [0, 0.1) is 11.8 Å². The molecule has 0 saturated heterocycles. The van der Waals surface area contributed by atoms with Crippen LogP contribution in [0.5, 0.6) is 0 Å². The Morgan fingerprint density at radius 3 is 2.55 bits per heavy atom. The predicted molar refractivity (Wildman–Crippen MR) is 50.0 cm³/mol. The molecule has 0 bridgehead atoms. The zero-order chi connectivity index (χ0) is 8.69. The minimum Gasteiger partial charge on any atom is -0.386 e. The van der Waals surface area contributed by atoms with E-state index < -0.39 is 0 Å². The second-order valence-electron chi connectivity index (χ2n) is 2.62. The van der Waals surface area contributed by atoms with Crippen LogP contribution in [0.4, 0.5) is 0 Å². The maximum atomic E-state index is 3.50. The summed E-state index contributed by atoms with van der Waals surface area (Å²) in [4.78, 5) is 0. The smallest absolute Gasteiger partial charge is 0.0201 e. The molecular formula is C10H15N. The lowest BCUT2D eigenvalue weighted by Gasteiger charge is -2.07. The normalized spacial score (nSPS) is 10.4. The molecule has 0 spiro atoms. The number of rotatable bonds is 2. The Morgan fingerprint density at radius 1 is 1.45 bits per heavy atom. The van der Waals surface area contributed by atoms with Crippen molar-refractivity contribution in [3.8, 4) is 11.8 Å². The standard InChI is InChI=1S/C10H15N/c1-5-6-7-8-10(4)11-9(2)3/h5,8-9,11H,1H2,2-4H3/b10-8+. The van der Waals surface area contributed by atoms with Gasteiger partial charge in [-0.05, 0) is 26.8 Å². The molecule has 0 saturated carbocycles. The van der Waals surface area contributed by atoms with Crippen LogP contribution < -0.4 is 5.32 Å². The lowest BCUT2D eigenvalue weighted by atomic mass is 10.3. The van der Waals surface area contributed by atoms with Crippen LogP contribution in [0.3, 0.4) is 0 Å². The summed E-state index contributed by atoms with van der Waals surface area (Å²) in [6.45, 7) is 9.68. The van der Waals surface area contributed by atoms with E-state index in [1.165, 1.54) is 0 Å². The Balaban J connectivity index is 3.90. The maximum Gasteiger partial charge on any atom is 0.0201 e. The molecule has 0 radical (unpaired) electrons. The largest absolute Gasteiger partial charge is 0.386 e. The van der Waals surface area contributed by atoms with E-state index in [2.05, 4.69) is 37.6 Å². The number of hydrogen-bond donors (Lipinski definition) is 1. The highest BCUT2D eigenvalue weighted by atomic mass is 14.9. The third-order valence-electron chi connectivity index (χ3n) is 0.990. The molecule has 60 valence electrons. The highest BCUT2D eigenvalue weighted by Crippen LogP contribution is 1.87.